The molecule has 8 heteroatoms. The average molecular weight is 365 g/mol. The Bertz CT molecular complexity index is 1160. The second-order valence-corrected chi connectivity index (χ2v) is 7.46. The zero-order chi connectivity index (χ0) is 18.0. The molecule has 0 bridgehead atoms. The van der Waals surface area contributed by atoms with Crippen molar-refractivity contribution in [2.24, 2.45) is 0 Å². The highest BCUT2D eigenvalue weighted by atomic mass is 32.2. The molecule has 26 heavy (non-hydrogen) atoms. The van der Waals surface area contributed by atoms with Gasteiger partial charge >= 0.3 is 0 Å². The van der Waals surface area contributed by atoms with Gasteiger partial charge in [-0.05, 0) is 35.0 Å². The number of nitrogens with zero attached hydrogens (tertiary/aromatic N) is 4. The number of fused-ring (bicyclic) bond motifs is 1. The van der Waals surface area contributed by atoms with Gasteiger partial charge in [0.15, 0.2) is 0 Å². The molecule has 2 aromatic carbocycles. The molecule has 0 spiro atoms. The third-order valence-corrected chi connectivity index (χ3v) is 5.34. The first-order valence-corrected chi connectivity index (χ1v) is 9.40. The molecule has 0 fully saturated rings. The smallest absolute Gasteiger partial charge is 0.240 e. The van der Waals surface area contributed by atoms with Gasteiger partial charge in [0.05, 0.1) is 29.0 Å². The van der Waals surface area contributed by atoms with E-state index in [-0.39, 0.29) is 11.4 Å². The third-order valence-electron chi connectivity index (χ3n) is 3.94. The van der Waals surface area contributed by atoms with E-state index in [1.54, 1.807) is 53.6 Å². The van der Waals surface area contributed by atoms with Crippen LogP contribution in [-0.4, -0.2) is 28.4 Å². The molecule has 0 aliphatic heterocycles. The quantitative estimate of drug-likeness (QED) is 0.586. The maximum atomic E-state index is 12.6. The van der Waals surface area contributed by atoms with Gasteiger partial charge in [0.25, 0.3) is 0 Å². The zero-order valence-corrected chi connectivity index (χ0v) is 14.5. The SMILES string of the molecule is O=S(=O)(NCc1cn(-c2ccncc2)nn1)c1ccc2ccccc2c1. The molecule has 2 aromatic heterocycles. The largest absolute Gasteiger partial charge is 0.265 e. The molecule has 4 aromatic rings. The Morgan fingerprint density at radius 3 is 2.54 bits per heavy atom. The van der Waals surface area contributed by atoms with Gasteiger partial charge < -0.3 is 0 Å². The van der Waals surface area contributed by atoms with Crippen LogP contribution in [0.4, 0.5) is 0 Å². The molecule has 0 saturated carbocycles. The summed E-state index contributed by atoms with van der Waals surface area (Å²) in [5.41, 5.74) is 1.32. The highest BCUT2D eigenvalue weighted by molar-refractivity contribution is 7.89. The number of aromatic nitrogens is 4. The standard InChI is InChI=1S/C18H15N5O2S/c24-26(25,18-6-5-14-3-1-2-4-15(14)11-18)20-12-16-13-23(22-21-16)17-7-9-19-10-8-17/h1-11,13,20H,12H2. The molecule has 4 rings (SSSR count). The third kappa shape index (κ3) is 3.32. The Labute approximate surface area is 150 Å². The summed E-state index contributed by atoms with van der Waals surface area (Å²) in [6.07, 6.45) is 4.98. The van der Waals surface area contributed by atoms with Crippen LogP contribution in [0.3, 0.4) is 0 Å². The fourth-order valence-corrected chi connectivity index (χ4v) is 3.62. The van der Waals surface area contributed by atoms with Crippen LogP contribution in [0.25, 0.3) is 16.5 Å². The number of pyridine rings is 1. The minimum Gasteiger partial charge on any atom is -0.265 e. The molecule has 0 amide bonds. The summed E-state index contributed by atoms with van der Waals surface area (Å²) in [6.45, 7) is 0.0558. The van der Waals surface area contributed by atoms with E-state index in [4.69, 9.17) is 0 Å². The van der Waals surface area contributed by atoms with Crippen LogP contribution in [0.5, 0.6) is 0 Å². The fourth-order valence-electron chi connectivity index (χ4n) is 2.59. The molecule has 1 N–H and O–H groups in total. The maximum Gasteiger partial charge on any atom is 0.240 e. The second-order valence-electron chi connectivity index (χ2n) is 5.69. The van der Waals surface area contributed by atoms with Gasteiger partial charge in [-0.3, -0.25) is 4.98 Å². The second kappa shape index (κ2) is 6.66. The summed E-state index contributed by atoms with van der Waals surface area (Å²) < 4.78 is 29.2. The van der Waals surface area contributed by atoms with E-state index < -0.39 is 10.0 Å². The van der Waals surface area contributed by atoms with E-state index in [1.165, 1.54) is 0 Å². The molecule has 0 atom stereocenters. The molecule has 0 aliphatic carbocycles. The minimum absolute atomic E-state index is 0.0558. The first-order valence-electron chi connectivity index (χ1n) is 7.92. The monoisotopic (exact) mass is 365 g/mol. The van der Waals surface area contributed by atoms with E-state index in [0.29, 0.717) is 5.69 Å². The van der Waals surface area contributed by atoms with Gasteiger partial charge in [0.1, 0.15) is 0 Å². The topological polar surface area (TPSA) is 89.8 Å². The molecular formula is C18H15N5O2S. The minimum atomic E-state index is -3.64. The van der Waals surface area contributed by atoms with Crippen molar-refractivity contribution < 1.29 is 8.42 Å². The van der Waals surface area contributed by atoms with Crippen LogP contribution < -0.4 is 4.72 Å². The number of benzene rings is 2. The number of hydrogen-bond donors (Lipinski definition) is 1. The number of nitrogens with one attached hydrogen (secondary N) is 1. The van der Waals surface area contributed by atoms with Crippen molar-refractivity contribution >= 4 is 20.8 Å². The molecule has 0 saturated heterocycles. The van der Waals surface area contributed by atoms with E-state index >= 15 is 0 Å². The highest BCUT2D eigenvalue weighted by Gasteiger charge is 2.15. The summed E-state index contributed by atoms with van der Waals surface area (Å²) in [4.78, 5) is 4.17. The lowest BCUT2D eigenvalue weighted by atomic mass is 10.1. The Morgan fingerprint density at radius 2 is 1.73 bits per heavy atom. The van der Waals surface area contributed by atoms with Crippen LogP contribution in [-0.2, 0) is 16.6 Å². The van der Waals surface area contributed by atoms with Gasteiger partial charge in [0, 0.05) is 12.4 Å². The molecule has 130 valence electrons. The van der Waals surface area contributed by atoms with Crippen molar-refractivity contribution in [2.45, 2.75) is 11.4 Å². The fraction of sp³-hybridized carbons (Fsp3) is 0.0556. The first kappa shape index (κ1) is 16.4. The molecule has 2 heterocycles. The number of hydrogen-bond acceptors (Lipinski definition) is 5. The molecule has 0 radical (unpaired) electrons. The Balaban J connectivity index is 1.52. The van der Waals surface area contributed by atoms with Crippen molar-refractivity contribution in [2.75, 3.05) is 0 Å². The van der Waals surface area contributed by atoms with Crippen LogP contribution >= 0.6 is 0 Å². The summed E-state index contributed by atoms with van der Waals surface area (Å²) >= 11 is 0. The van der Waals surface area contributed by atoms with Gasteiger partial charge in [-0.15, -0.1) is 5.10 Å². The van der Waals surface area contributed by atoms with Crippen LogP contribution in [0, 0.1) is 0 Å². The van der Waals surface area contributed by atoms with Crippen molar-refractivity contribution in [3.8, 4) is 5.69 Å². The number of rotatable bonds is 5. The van der Waals surface area contributed by atoms with Crippen molar-refractivity contribution in [3.05, 3.63) is 78.9 Å². The summed E-state index contributed by atoms with van der Waals surface area (Å²) in [6, 6.07) is 16.2. The van der Waals surface area contributed by atoms with Crippen molar-refractivity contribution in [3.63, 3.8) is 0 Å². The lowest BCUT2D eigenvalue weighted by Gasteiger charge is -2.06. The Hall–Kier alpha value is -3.10. The summed E-state index contributed by atoms with van der Waals surface area (Å²) in [7, 11) is -3.64. The van der Waals surface area contributed by atoms with E-state index in [2.05, 4.69) is 20.0 Å². The predicted octanol–water partition coefficient (Wildman–Crippen LogP) is 2.29. The van der Waals surface area contributed by atoms with Crippen molar-refractivity contribution in [1.29, 1.82) is 0 Å². The van der Waals surface area contributed by atoms with E-state index in [0.717, 1.165) is 16.5 Å². The van der Waals surface area contributed by atoms with Gasteiger partial charge in [-0.25, -0.2) is 17.8 Å². The first-order chi connectivity index (χ1) is 12.6. The molecule has 0 unspecified atom stereocenters. The van der Waals surface area contributed by atoms with E-state index in [9.17, 15) is 8.42 Å². The highest BCUT2D eigenvalue weighted by Crippen LogP contribution is 2.19. The van der Waals surface area contributed by atoms with Crippen LogP contribution in [0.15, 0.2) is 78.1 Å². The Morgan fingerprint density at radius 1 is 0.962 bits per heavy atom. The lowest BCUT2D eigenvalue weighted by Crippen LogP contribution is -2.23. The van der Waals surface area contributed by atoms with Gasteiger partial charge in [-0.1, -0.05) is 35.5 Å². The van der Waals surface area contributed by atoms with Crippen molar-refractivity contribution in [1.82, 2.24) is 24.7 Å². The van der Waals surface area contributed by atoms with Gasteiger partial charge in [0.2, 0.25) is 10.0 Å². The lowest BCUT2D eigenvalue weighted by molar-refractivity contribution is 0.580. The molecule has 0 aliphatic rings. The Kier molecular flexibility index (Phi) is 4.19. The maximum absolute atomic E-state index is 12.6. The normalized spacial score (nSPS) is 11.7. The van der Waals surface area contributed by atoms with Crippen LogP contribution in [0.1, 0.15) is 5.69 Å². The summed E-state index contributed by atoms with van der Waals surface area (Å²) in [5.74, 6) is 0. The molecular weight excluding hydrogens is 350 g/mol. The average Bonchev–Trinajstić information content (AvgIpc) is 3.16. The van der Waals surface area contributed by atoms with Gasteiger partial charge in [-0.2, -0.15) is 0 Å². The number of sulfonamides is 1. The predicted molar refractivity (Wildman–Crippen MR) is 97.1 cm³/mol. The summed E-state index contributed by atoms with van der Waals surface area (Å²) in [5, 5.41) is 9.88. The zero-order valence-electron chi connectivity index (χ0n) is 13.6. The van der Waals surface area contributed by atoms with Crippen LogP contribution in [0.2, 0.25) is 0 Å². The van der Waals surface area contributed by atoms with E-state index in [1.807, 2.05) is 24.3 Å². The molecule has 7 nitrogen and oxygen atoms in total.